The molecule has 0 amide bonds. The van der Waals surface area contributed by atoms with E-state index in [0.717, 1.165) is 19.0 Å². The fourth-order valence-corrected chi connectivity index (χ4v) is 1.20. The highest BCUT2D eigenvalue weighted by molar-refractivity contribution is 6.11. The summed E-state index contributed by atoms with van der Waals surface area (Å²) in [4.78, 5) is 0. The second kappa shape index (κ2) is 2.54. The van der Waals surface area contributed by atoms with Gasteiger partial charge in [0, 0.05) is 0 Å². The lowest BCUT2D eigenvalue weighted by molar-refractivity contribution is 0.405. The smallest absolute Gasteiger partial charge is 0.0716 e. The second-order valence-corrected chi connectivity index (χ2v) is 2.76. The maximum Gasteiger partial charge on any atom is 0.0716 e. The van der Waals surface area contributed by atoms with Crippen molar-refractivity contribution in [1.82, 2.24) is 5.32 Å². The molecule has 1 saturated heterocycles. The average molecular weight is 109 g/mol. The molecule has 1 heterocycles. The van der Waals surface area contributed by atoms with E-state index in [1.54, 1.807) is 0 Å². The van der Waals surface area contributed by atoms with Gasteiger partial charge in [0.25, 0.3) is 0 Å². The number of hydrogen-bond acceptors (Lipinski definition) is 1. The van der Waals surface area contributed by atoms with Crippen LogP contribution in [-0.2, 0) is 0 Å². The summed E-state index contributed by atoms with van der Waals surface area (Å²) in [5, 5.41) is 3.26. The van der Waals surface area contributed by atoms with Gasteiger partial charge < -0.3 is 5.32 Å². The summed E-state index contributed by atoms with van der Waals surface area (Å²) < 4.78 is 0. The molecule has 0 aliphatic carbocycles. The average Bonchev–Trinajstić information content (AvgIpc) is 1.64. The Labute approximate surface area is 52.3 Å². The Hall–Kier alpha value is 0.0249. The van der Waals surface area contributed by atoms with E-state index in [0.29, 0.717) is 5.82 Å². The number of piperidine rings is 1. The van der Waals surface area contributed by atoms with Crippen LogP contribution in [0.3, 0.4) is 0 Å². The molecular weight excluding hydrogens is 96.9 g/mol. The fraction of sp³-hybridized carbons (Fsp3) is 1.00. The maximum atomic E-state index is 5.66. The van der Waals surface area contributed by atoms with Crippen molar-refractivity contribution in [1.29, 1.82) is 0 Å². The van der Waals surface area contributed by atoms with E-state index in [4.69, 9.17) is 7.85 Å². The van der Waals surface area contributed by atoms with Crippen molar-refractivity contribution >= 4 is 7.85 Å². The highest BCUT2D eigenvalue weighted by atomic mass is 14.9. The van der Waals surface area contributed by atoms with E-state index >= 15 is 0 Å². The van der Waals surface area contributed by atoms with Gasteiger partial charge in [-0.1, -0.05) is 19.2 Å². The third-order valence-electron chi connectivity index (χ3n) is 1.60. The van der Waals surface area contributed by atoms with Crippen LogP contribution in [0.2, 0.25) is 5.82 Å². The van der Waals surface area contributed by atoms with Crippen molar-refractivity contribution < 1.29 is 0 Å². The molecule has 44 valence electrons. The minimum atomic E-state index is 0.402. The third-order valence-corrected chi connectivity index (χ3v) is 1.60. The predicted octanol–water partition coefficient (Wildman–Crippen LogP) is 0.573. The molecule has 0 saturated carbocycles. The molecule has 0 aromatic rings. The van der Waals surface area contributed by atoms with Crippen LogP contribution in [0, 0.1) is 5.92 Å². The van der Waals surface area contributed by atoms with Crippen LogP contribution in [0.25, 0.3) is 0 Å². The summed E-state index contributed by atoms with van der Waals surface area (Å²) in [7, 11) is 5.66. The van der Waals surface area contributed by atoms with Crippen LogP contribution >= 0.6 is 0 Å². The first-order valence-corrected chi connectivity index (χ1v) is 3.25. The molecule has 1 rings (SSSR count). The van der Waals surface area contributed by atoms with E-state index in [2.05, 4.69) is 12.2 Å². The van der Waals surface area contributed by atoms with Crippen LogP contribution in [0.5, 0.6) is 0 Å². The molecule has 1 aliphatic rings. The Bertz CT molecular complexity index is 66.9. The highest BCUT2D eigenvalue weighted by Crippen LogP contribution is 2.16. The Balaban J connectivity index is 2.23. The first-order valence-electron chi connectivity index (χ1n) is 3.25. The molecule has 1 aliphatic heterocycles. The molecule has 2 atom stereocenters. The molecule has 1 fully saturated rings. The summed E-state index contributed by atoms with van der Waals surface area (Å²) in [5.41, 5.74) is 0. The number of nitrogens with one attached hydrogen (secondary N) is 1. The number of rotatable bonds is 0. The SMILES string of the molecule is [B]C1CNCC(C)C1. The van der Waals surface area contributed by atoms with Crippen molar-refractivity contribution in [3.05, 3.63) is 0 Å². The molecule has 0 aromatic heterocycles. The van der Waals surface area contributed by atoms with Crippen molar-refractivity contribution in [2.24, 2.45) is 5.92 Å². The van der Waals surface area contributed by atoms with Crippen molar-refractivity contribution in [2.45, 2.75) is 19.2 Å². The molecule has 8 heavy (non-hydrogen) atoms. The van der Waals surface area contributed by atoms with E-state index in [1.807, 2.05) is 0 Å². The van der Waals surface area contributed by atoms with E-state index in [1.165, 1.54) is 6.42 Å². The van der Waals surface area contributed by atoms with Gasteiger partial charge in [0.2, 0.25) is 0 Å². The Morgan fingerprint density at radius 1 is 1.50 bits per heavy atom. The van der Waals surface area contributed by atoms with Crippen LogP contribution in [0.4, 0.5) is 0 Å². The van der Waals surface area contributed by atoms with E-state index < -0.39 is 0 Å². The Morgan fingerprint density at radius 2 is 2.25 bits per heavy atom. The molecule has 2 radical (unpaired) electrons. The Morgan fingerprint density at radius 3 is 2.62 bits per heavy atom. The molecule has 1 N–H and O–H groups in total. The standard InChI is InChI=1S/C6H12BN/c1-5-2-6(7)4-8-3-5/h5-6,8H,2-4H2,1H3. The van der Waals surface area contributed by atoms with E-state index in [9.17, 15) is 0 Å². The van der Waals surface area contributed by atoms with Gasteiger partial charge in [0.15, 0.2) is 0 Å². The summed E-state index contributed by atoms with van der Waals surface area (Å²) >= 11 is 0. The van der Waals surface area contributed by atoms with Gasteiger partial charge in [-0.3, -0.25) is 0 Å². The minimum Gasteiger partial charge on any atom is -0.317 e. The molecular formula is C6H12BN. The monoisotopic (exact) mass is 109 g/mol. The lowest BCUT2D eigenvalue weighted by atomic mass is 9.78. The van der Waals surface area contributed by atoms with Gasteiger partial charge in [0.05, 0.1) is 7.85 Å². The molecule has 0 aromatic carbocycles. The van der Waals surface area contributed by atoms with Gasteiger partial charge in [-0.2, -0.15) is 0 Å². The molecule has 2 unspecified atom stereocenters. The molecule has 2 heteroatoms. The van der Waals surface area contributed by atoms with Crippen molar-refractivity contribution in [3.8, 4) is 0 Å². The normalized spacial score (nSPS) is 39.6. The van der Waals surface area contributed by atoms with Crippen LogP contribution in [0.1, 0.15) is 13.3 Å². The van der Waals surface area contributed by atoms with Crippen LogP contribution < -0.4 is 5.32 Å². The lowest BCUT2D eigenvalue weighted by Crippen LogP contribution is -2.32. The van der Waals surface area contributed by atoms with Gasteiger partial charge in [0.1, 0.15) is 0 Å². The zero-order valence-electron chi connectivity index (χ0n) is 5.35. The summed E-state index contributed by atoms with van der Waals surface area (Å²) in [5.74, 6) is 1.18. The first kappa shape index (κ1) is 6.15. The minimum absolute atomic E-state index is 0.402. The predicted molar refractivity (Wildman–Crippen MR) is 36.2 cm³/mol. The van der Waals surface area contributed by atoms with Gasteiger partial charge in [-0.15, -0.1) is 0 Å². The maximum absolute atomic E-state index is 5.66. The zero-order valence-corrected chi connectivity index (χ0v) is 5.35. The lowest BCUT2D eigenvalue weighted by Gasteiger charge is -2.24. The zero-order chi connectivity index (χ0) is 5.98. The van der Waals surface area contributed by atoms with Gasteiger partial charge in [-0.05, 0) is 19.0 Å². The second-order valence-electron chi connectivity index (χ2n) is 2.76. The quantitative estimate of drug-likeness (QED) is 0.448. The van der Waals surface area contributed by atoms with Crippen molar-refractivity contribution in [3.63, 3.8) is 0 Å². The van der Waals surface area contributed by atoms with Gasteiger partial charge >= 0.3 is 0 Å². The van der Waals surface area contributed by atoms with Gasteiger partial charge in [-0.25, -0.2) is 0 Å². The highest BCUT2D eigenvalue weighted by Gasteiger charge is 2.12. The third kappa shape index (κ3) is 1.51. The molecule has 0 spiro atoms. The molecule has 0 bridgehead atoms. The Kier molecular flexibility index (Phi) is 1.95. The van der Waals surface area contributed by atoms with E-state index in [-0.39, 0.29) is 0 Å². The summed E-state index contributed by atoms with van der Waals surface area (Å²) in [6.07, 6.45) is 1.19. The summed E-state index contributed by atoms with van der Waals surface area (Å²) in [6.45, 7) is 4.38. The van der Waals surface area contributed by atoms with Crippen molar-refractivity contribution in [2.75, 3.05) is 13.1 Å². The largest absolute Gasteiger partial charge is 0.317 e. The first-order chi connectivity index (χ1) is 3.79. The fourth-order valence-electron chi connectivity index (χ4n) is 1.20. The number of hydrogen-bond donors (Lipinski definition) is 1. The molecule has 1 nitrogen and oxygen atoms in total. The van der Waals surface area contributed by atoms with Crippen LogP contribution in [0.15, 0.2) is 0 Å². The topological polar surface area (TPSA) is 12.0 Å². The summed E-state index contributed by atoms with van der Waals surface area (Å²) in [6, 6.07) is 0. The van der Waals surface area contributed by atoms with Crippen LogP contribution in [-0.4, -0.2) is 20.9 Å².